The third-order valence-electron chi connectivity index (χ3n) is 1.87. The number of hydrogen-bond acceptors (Lipinski definition) is 1. The quantitative estimate of drug-likeness (QED) is 0.542. The van der Waals surface area contributed by atoms with Crippen molar-refractivity contribution < 1.29 is 4.39 Å². The van der Waals surface area contributed by atoms with E-state index in [4.69, 9.17) is 0 Å². The second-order valence-electron chi connectivity index (χ2n) is 3.00. The van der Waals surface area contributed by atoms with Crippen LogP contribution in [0.1, 0.15) is 20.3 Å². The predicted molar refractivity (Wildman–Crippen MR) is 40.5 cm³/mol. The Kier molecular flexibility index (Phi) is 2.44. The lowest BCUT2D eigenvalue weighted by atomic mass is 10.2. The first kappa shape index (κ1) is 7.73. The predicted octanol–water partition coefficient (Wildman–Crippen LogP) is 1.95. The van der Waals surface area contributed by atoms with Gasteiger partial charge in [-0.15, -0.1) is 0 Å². The van der Waals surface area contributed by atoms with E-state index in [1.54, 1.807) is 6.08 Å². The molecule has 0 amide bonds. The van der Waals surface area contributed by atoms with Crippen molar-refractivity contribution in [1.82, 2.24) is 4.90 Å². The second-order valence-corrected chi connectivity index (χ2v) is 3.00. The van der Waals surface area contributed by atoms with E-state index in [1.807, 2.05) is 0 Å². The molecule has 1 nitrogen and oxygen atoms in total. The topological polar surface area (TPSA) is 3.24 Å². The Bertz CT molecular complexity index is 140. The van der Waals surface area contributed by atoms with Crippen molar-refractivity contribution in [3.8, 4) is 0 Å². The van der Waals surface area contributed by atoms with Crippen LogP contribution in [0.5, 0.6) is 0 Å². The van der Waals surface area contributed by atoms with Crippen LogP contribution in [-0.4, -0.2) is 24.0 Å². The molecule has 1 aliphatic heterocycles. The molecule has 0 saturated heterocycles. The van der Waals surface area contributed by atoms with Gasteiger partial charge in [0.1, 0.15) is 5.83 Å². The maximum absolute atomic E-state index is 12.6. The lowest BCUT2D eigenvalue weighted by molar-refractivity contribution is 0.218. The lowest BCUT2D eigenvalue weighted by Crippen LogP contribution is -2.34. The highest BCUT2D eigenvalue weighted by Gasteiger charge is 2.13. The highest BCUT2D eigenvalue weighted by atomic mass is 19.1. The minimum absolute atomic E-state index is 0.0277. The molecule has 0 aliphatic carbocycles. The van der Waals surface area contributed by atoms with Gasteiger partial charge in [-0.2, -0.15) is 0 Å². The summed E-state index contributed by atoms with van der Waals surface area (Å²) in [4.78, 5) is 2.13. The van der Waals surface area contributed by atoms with Crippen LogP contribution < -0.4 is 0 Å². The molecule has 0 saturated carbocycles. The molecule has 1 rings (SSSR count). The first-order chi connectivity index (χ1) is 4.70. The number of nitrogens with zero attached hydrogens (tertiary/aromatic N) is 1. The molecule has 1 aliphatic rings. The lowest BCUT2D eigenvalue weighted by Gasteiger charge is -2.27. The molecule has 0 N–H and O–H groups in total. The van der Waals surface area contributed by atoms with Crippen LogP contribution in [-0.2, 0) is 0 Å². The van der Waals surface area contributed by atoms with Crippen molar-refractivity contribution in [2.24, 2.45) is 0 Å². The first-order valence-corrected chi connectivity index (χ1v) is 3.78. The molecule has 58 valence electrons. The van der Waals surface area contributed by atoms with Crippen LogP contribution in [0.3, 0.4) is 0 Å². The normalized spacial score (nSPS) is 21.4. The molecule has 0 aromatic heterocycles. The number of halogens is 1. The number of hydrogen-bond donors (Lipinski definition) is 0. The van der Waals surface area contributed by atoms with E-state index >= 15 is 0 Å². The zero-order valence-corrected chi connectivity index (χ0v) is 6.60. The van der Waals surface area contributed by atoms with Crippen LogP contribution in [0, 0.1) is 0 Å². The highest BCUT2D eigenvalue weighted by Crippen LogP contribution is 2.12. The molecule has 0 aromatic carbocycles. The fraction of sp³-hybridized carbons (Fsp3) is 0.750. The zero-order valence-electron chi connectivity index (χ0n) is 6.60. The monoisotopic (exact) mass is 143 g/mol. The van der Waals surface area contributed by atoms with Crippen molar-refractivity contribution in [3.05, 3.63) is 11.9 Å². The molecular weight excluding hydrogens is 129 g/mol. The van der Waals surface area contributed by atoms with E-state index in [1.165, 1.54) is 0 Å². The van der Waals surface area contributed by atoms with Gasteiger partial charge in [0, 0.05) is 12.6 Å². The van der Waals surface area contributed by atoms with Crippen molar-refractivity contribution in [2.45, 2.75) is 26.3 Å². The minimum Gasteiger partial charge on any atom is -0.294 e. The van der Waals surface area contributed by atoms with E-state index in [2.05, 4.69) is 18.7 Å². The van der Waals surface area contributed by atoms with Gasteiger partial charge in [-0.05, 0) is 20.3 Å². The fourth-order valence-electron chi connectivity index (χ4n) is 1.17. The van der Waals surface area contributed by atoms with Crippen molar-refractivity contribution in [3.63, 3.8) is 0 Å². The second kappa shape index (κ2) is 3.15. The average molecular weight is 143 g/mol. The van der Waals surface area contributed by atoms with Crippen molar-refractivity contribution >= 4 is 0 Å². The van der Waals surface area contributed by atoms with Gasteiger partial charge in [0.05, 0.1) is 6.54 Å². The average Bonchev–Trinajstić information content (AvgIpc) is 1.88. The van der Waals surface area contributed by atoms with E-state index in [0.29, 0.717) is 12.6 Å². The zero-order chi connectivity index (χ0) is 7.56. The summed E-state index contributed by atoms with van der Waals surface area (Å²) in [7, 11) is 0. The van der Waals surface area contributed by atoms with E-state index in [0.717, 1.165) is 13.0 Å². The highest BCUT2D eigenvalue weighted by molar-refractivity contribution is 4.99. The Hall–Kier alpha value is -0.370. The summed E-state index contributed by atoms with van der Waals surface area (Å²) in [5.74, 6) is 0.0277. The van der Waals surface area contributed by atoms with Gasteiger partial charge >= 0.3 is 0 Å². The Morgan fingerprint density at radius 1 is 1.60 bits per heavy atom. The summed E-state index contributed by atoms with van der Waals surface area (Å²) in [5, 5.41) is 0. The molecule has 0 fully saturated rings. The molecule has 0 bridgehead atoms. The van der Waals surface area contributed by atoms with E-state index < -0.39 is 0 Å². The molecular formula is C8H14FN. The Labute approximate surface area is 61.5 Å². The Morgan fingerprint density at radius 3 is 2.70 bits per heavy atom. The summed E-state index contributed by atoms with van der Waals surface area (Å²) >= 11 is 0. The smallest absolute Gasteiger partial charge is 0.110 e. The third kappa shape index (κ3) is 1.81. The molecule has 0 aromatic rings. The standard InChI is InChI=1S/C8H14FN/c1-7(2)10-5-3-4-8(9)6-10/h4,7H,3,5-6H2,1-2H3. The van der Waals surface area contributed by atoms with Gasteiger partial charge in [0.15, 0.2) is 0 Å². The maximum Gasteiger partial charge on any atom is 0.110 e. The maximum atomic E-state index is 12.6. The summed E-state index contributed by atoms with van der Waals surface area (Å²) < 4.78 is 12.6. The molecule has 0 radical (unpaired) electrons. The van der Waals surface area contributed by atoms with Gasteiger partial charge < -0.3 is 0 Å². The van der Waals surface area contributed by atoms with E-state index in [9.17, 15) is 4.39 Å². The van der Waals surface area contributed by atoms with Crippen LogP contribution >= 0.6 is 0 Å². The summed E-state index contributed by atoms with van der Waals surface area (Å²) in [6.07, 6.45) is 2.54. The molecule has 2 heteroatoms. The first-order valence-electron chi connectivity index (χ1n) is 3.78. The fourth-order valence-corrected chi connectivity index (χ4v) is 1.17. The summed E-state index contributed by atoms with van der Waals surface area (Å²) in [5.41, 5.74) is 0. The van der Waals surface area contributed by atoms with Gasteiger partial charge in [-0.25, -0.2) is 4.39 Å². The van der Waals surface area contributed by atoms with Gasteiger partial charge in [-0.3, -0.25) is 4.90 Å². The van der Waals surface area contributed by atoms with Crippen LogP contribution in [0.15, 0.2) is 11.9 Å². The molecule has 0 atom stereocenters. The molecule has 0 spiro atoms. The van der Waals surface area contributed by atoms with Crippen LogP contribution in [0.4, 0.5) is 4.39 Å². The third-order valence-corrected chi connectivity index (χ3v) is 1.87. The van der Waals surface area contributed by atoms with Crippen molar-refractivity contribution in [1.29, 1.82) is 0 Å². The van der Waals surface area contributed by atoms with Gasteiger partial charge in [0.2, 0.25) is 0 Å². The van der Waals surface area contributed by atoms with Gasteiger partial charge in [0.25, 0.3) is 0 Å². The molecule has 0 unspecified atom stereocenters. The minimum atomic E-state index is 0.0277. The van der Waals surface area contributed by atoms with Crippen molar-refractivity contribution in [2.75, 3.05) is 13.1 Å². The summed E-state index contributed by atoms with van der Waals surface area (Å²) in [6.45, 7) is 5.71. The largest absolute Gasteiger partial charge is 0.294 e. The molecule has 10 heavy (non-hydrogen) atoms. The van der Waals surface area contributed by atoms with E-state index in [-0.39, 0.29) is 5.83 Å². The Balaban J connectivity index is 2.45. The Morgan fingerprint density at radius 2 is 2.30 bits per heavy atom. The van der Waals surface area contributed by atoms with Crippen LogP contribution in [0.2, 0.25) is 0 Å². The van der Waals surface area contributed by atoms with Crippen LogP contribution in [0.25, 0.3) is 0 Å². The van der Waals surface area contributed by atoms with Gasteiger partial charge in [-0.1, -0.05) is 6.08 Å². The SMILES string of the molecule is CC(C)N1CCC=C(F)C1. The summed E-state index contributed by atoms with van der Waals surface area (Å²) in [6, 6.07) is 0.472. The number of rotatable bonds is 1. The molecule has 1 heterocycles.